The van der Waals surface area contributed by atoms with Gasteiger partial charge in [0, 0.05) is 12.5 Å². The molecule has 3 N–H and O–H groups in total. The van der Waals surface area contributed by atoms with Crippen LogP contribution >= 0.6 is 0 Å². The minimum absolute atomic E-state index is 0.0646. The molecule has 0 saturated heterocycles. The molecular weight excluding hydrogens is 202 g/mol. The first-order valence-electron chi connectivity index (χ1n) is 5.69. The number of nitrogens with two attached hydrogens (primary N) is 1. The lowest BCUT2D eigenvalue weighted by atomic mass is 9.99. The van der Waals surface area contributed by atoms with Crippen LogP contribution in [0.15, 0.2) is 24.3 Å². The van der Waals surface area contributed by atoms with Crippen LogP contribution in [0.4, 0.5) is 0 Å². The summed E-state index contributed by atoms with van der Waals surface area (Å²) >= 11 is 0. The summed E-state index contributed by atoms with van der Waals surface area (Å²) in [6.07, 6.45) is 2.76. The highest BCUT2D eigenvalue weighted by Gasteiger charge is 2.06. The van der Waals surface area contributed by atoms with E-state index in [0.717, 1.165) is 24.0 Å². The van der Waals surface area contributed by atoms with Gasteiger partial charge in [0.25, 0.3) is 0 Å². The Labute approximate surface area is 96.3 Å². The number of carboxylic acids is 1. The Morgan fingerprint density at radius 1 is 1.50 bits per heavy atom. The summed E-state index contributed by atoms with van der Waals surface area (Å²) in [5.74, 6) is -0.761. The number of hydrogen-bond donors (Lipinski definition) is 2. The van der Waals surface area contributed by atoms with Crippen LogP contribution in [0.1, 0.15) is 43.4 Å². The van der Waals surface area contributed by atoms with E-state index in [9.17, 15) is 4.79 Å². The molecule has 0 aliphatic rings. The number of rotatable bonds is 6. The zero-order chi connectivity index (χ0) is 12.0. The van der Waals surface area contributed by atoms with Crippen molar-refractivity contribution in [2.75, 3.05) is 0 Å². The molecule has 88 valence electrons. The zero-order valence-corrected chi connectivity index (χ0v) is 9.65. The Morgan fingerprint density at radius 2 is 2.25 bits per heavy atom. The van der Waals surface area contributed by atoms with Crippen LogP contribution in [0.2, 0.25) is 0 Å². The lowest BCUT2D eigenvalue weighted by Crippen LogP contribution is -2.10. The van der Waals surface area contributed by atoms with E-state index >= 15 is 0 Å². The average Bonchev–Trinajstić information content (AvgIpc) is 2.27. The third kappa shape index (κ3) is 4.03. The van der Waals surface area contributed by atoms with Gasteiger partial charge in [-0.2, -0.15) is 0 Å². The van der Waals surface area contributed by atoms with Crippen molar-refractivity contribution in [2.45, 2.75) is 38.6 Å². The number of aliphatic carboxylic acids is 1. The highest BCUT2D eigenvalue weighted by atomic mass is 16.4. The van der Waals surface area contributed by atoms with Crippen LogP contribution < -0.4 is 5.73 Å². The molecule has 1 aromatic rings. The first kappa shape index (κ1) is 12.7. The summed E-state index contributed by atoms with van der Waals surface area (Å²) in [7, 11) is 0. The van der Waals surface area contributed by atoms with Gasteiger partial charge in [0.05, 0.1) is 0 Å². The molecule has 3 heteroatoms. The molecule has 0 radical (unpaired) electrons. The fourth-order valence-electron chi connectivity index (χ4n) is 1.71. The molecule has 0 heterocycles. The second kappa shape index (κ2) is 6.28. The van der Waals surface area contributed by atoms with Crippen molar-refractivity contribution in [1.29, 1.82) is 0 Å². The van der Waals surface area contributed by atoms with Crippen molar-refractivity contribution in [3.8, 4) is 0 Å². The van der Waals surface area contributed by atoms with Crippen LogP contribution in [0, 0.1) is 0 Å². The van der Waals surface area contributed by atoms with Gasteiger partial charge in [-0.15, -0.1) is 0 Å². The molecule has 0 bridgehead atoms. The molecule has 0 aromatic heterocycles. The minimum atomic E-state index is -0.761. The molecule has 1 rings (SSSR count). The lowest BCUT2D eigenvalue weighted by Gasteiger charge is -2.11. The van der Waals surface area contributed by atoms with Gasteiger partial charge in [-0.1, -0.05) is 37.6 Å². The molecule has 0 amide bonds. The largest absolute Gasteiger partial charge is 0.481 e. The van der Waals surface area contributed by atoms with Crippen molar-refractivity contribution >= 4 is 5.97 Å². The van der Waals surface area contributed by atoms with Crippen LogP contribution in [0.5, 0.6) is 0 Å². The fourth-order valence-corrected chi connectivity index (χ4v) is 1.71. The summed E-state index contributed by atoms with van der Waals surface area (Å²) < 4.78 is 0. The third-order valence-electron chi connectivity index (χ3n) is 2.61. The molecule has 0 spiro atoms. The van der Waals surface area contributed by atoms with Gasteiger partial charge in [0.2, 0.25) is 0 Å². The Morgan fingerprint density at radius 3 is 2.88 bits per heavy atom. The number of aryl methyl sites for hydroxylation is 1. The third-order valence-corrected chi connectivity index (χ3v) is 2.61. The van der Waals surface area contributed by atoms with Crippen molar-refractivity contribution in [3.05, 3.63) is 35.4 Å². The molecule has 0 unspecified atom stereocenters. The van der Waals surface area contributed by atoms with Gasteiger partial charge in [-0.25, -0.2) is 0 Å². The second-order valence-corrected chi connectivity index (χ2v) is 4.03. The topological polar surface area (TPSA) is 63.3 Å². The fraction of sp³-hybridized carbons (Fsp3) is 0.462. The van der Waals surface area contributed by atoms with Crippen molar-refractivity contribution in [2.24, 2.45) is 5.73 Å². The summed E-state index contributed by atoms with van der Waals surface area (Å²) in [6, 6.07) is 7.98. The first-order chi connectivity index (χ1) is 7.63. The van der Waals surface area contributed by atoms with Crippen LogP contribution in [-0.4, -0.2) is 11.1 Å². The van der Waals surface area contributed by atoms with E-state index in [1.54, 1.807) is 0 Å². The van der Waals surface area contributed by atoms with E-state index in [0.29, 0.717) is 6.42 Å². The summed E-state index contributed by atoms with van der Waals surface area (Å²) in [5, 5.41) is 8.61. The molecule has 0 aliphatic carbocycles. The summed E-state index contributed by atoms with van der Waals surface area (Å²) in [4.78, 5) is 10.5. The van der Waals surface area contributed by atoms with E-state index in [1.807, 2.05) is 24.3 Å². The predicted octanol–water partition coefficient (Wildman–Crippen LogP) is 2.50. The standard InChI is InChI=1S/C13H19NO2/c1-2-4-12(14)11-6-3-5-10(9-11)7-8-13(15)16/h3,5-6,9,12H,2,4,7-8,14H2,1H3,(H,15,16)/t12-/m1/s1. The SMILES string of the molecule is CCC[C@@H](N)c1cccc(CCC(=O)O)c1. The van der Waals surface area contributed by atoms with Gasteiger partial charge in [-0.3, -0.25) is 4.79 Å². The monoisotopic (exact) mass is 221 g/mol. The van der Waals surface area contributed by atoms with E-state index in [1.165, 1.54) is 0 Å². The average molecular weight is 221 g/mol. The Hall–Kier alpha value is -1.35. The lowest BCUT2D eigenvalue weighted by molar-refractivity contribution is -0.136. The number of carbonyl (C=O) groups is 1. The Bertz CT molecular complexity index is 350. The molecule has 1 atom stereocenters. The first-order valence-corrected chi connectivity index (χ1v) is 5.69. The van der Waals surface area contributed by atoms with Gasteiger partial charge in [0.1, 0.15) is 0 Å². The molecule has 0 fully saturated rings. The van der Waals surface area contributed by atoms with Crippen LogP contribution in [-0.2, 0) is 11.2 Å². The van der Waals surface area contributed by atoms with E-state index < -0.39 is 5.97 Å². The van der Waals surface area contributed by atoms with Gasteiger partial charge in [-0.05, 0) is 24.0 Å². The summed E-state index contributed by atoms with van der Waals surface area (Å²) in [6.45, 7) is 2.11. The van der Waals surface area contributed by atoms with Crippen molar-refractivity contribution in [1.82, 2.24) is 0 Å². The minimum Gasteiger partial charge on any atom is -0.481 e. The smallest absolute Gasteiger partial charge is 0.303 e. The van der Waals surface area contributed by atoms with Crippen molar-refractivity contribution in [3.63, 3.8) is 0 Å². The highest BCUT2D eigenvalue weighted by molar-refractivity contribution is 5.67. The molecule has 3 nitrogen and oxygen atoms in total. The maximum absolute atomic E-state index is 10.5. The molecule has 1 aromatic carbocycles. The normalized spacial score (nSPS) is 12.4. The van der Waals surface area contributed by atoms with Crippen LogP contribution in [0.25, 0.3) is 0 Å². The molecular formula is C13H19NO2. The van der Waals surface area contributed by atoms with E-state index in [-0.39, 0.29) is 12.5 Å². The zero-order valence-electron chi connectivity index (χ0n) is 9.65. The Kier molecular flexibility index (Phi) is 4.99. The predicted molar refractivity (Wildman–Crippen MR) is 64.2 cm³/mol. The van der Waals surface area contributed by atoms with E-state index in [2.05, 4.69) is 6.92 Å². The quantitative estimate of drug-likeness (QED) is 0.775. The van der Waals surface area contributed by atoms with Gasteiger partial charge >= 0.3 is 5.97 Å². The van der Waals surface area contributed by atoms with E-state index in [4.69, 9.17) is 10.8 Å². The second-order valence-electron chi connectivity index (χ2n) is 4.03. The maximum atomic E-state index is 10.5. The number of carboxylic acid groups (broad SMARTS) is 1. The molecule has 16 heavy (non-hydrogen) atoms. The molecule has 0 aliphatic heterocycles. The molecule has 0 saturated carbocycles. The Balaban J connectivity index is 2.66. The van der Waals surface area contributed by atoms with Crippen molar-refractivity contribution < 1.29 is 9.90 Å². The van der Waals surface area contributed by atoms with Gasteiger partial charge in [0.15, 0.2) is 0 Å². The number of hydrogen-bond acceptors (Lipinski definition) is 2. The maximum Gasteiger partial charge on any atom is 0.303 e. The van der Waals surface area contributed by atoms with Crippen LogP contribution in [0.3, 0.4) is 0 Å². The summed E-state index contributed by atoms with van der Waals surface area (Å²) in [5.41, 5.74) is 8.16. The van der Waals surface area contributed by atoms with Gasteiger partial charge < -0.3 is 10.8 Å². The highest BCUT2D eigenvalue weighted by Crippen LogP contribution is 2.17. The number of benzene rings is 1.